The van der Waals surface area contributed by atoms with Crippen molar-refractivity contribution < 1.29 is 35.9 Å². The minimum absolute atomic E-state index is 0.0705. The Morgan fingerprint density at radius 3 is 2.41 bits per heavy atom. The molecule has 2 amide bonds. The lowest BCUT2D eigenvalue weighted by Gasteiger charge is -2.26. The van der Waals surface area contributed by atoms with Gasteiger partial charge in [-0.15, -0.1) is 0 Å². The molecule has 11 heteroatoms. The van der Waals surface area contributed by atoms with Crippen LogP contribution in [-0.2, 0) is 16.0 Å². The molecule has 2 N–H and O–H groups in total. The minimum Gasteiger partial charge on any atom is -0.338 e. The predicted octanol–water partition coefficient (Wildman–Crippen LogP) is 1.99. The van der Waals surface area contributed by atoms with Gasteiger partial charge in [-0.05, 0) is 24.5 Å². The largest absolute Gasteiger partial charge is 0.471 e. The fourth-order valence-corrected chi connectivity index (χ4v) is 4.03. The maximum Gasteiger partial charge on any atom is 0.471 e. The average molecular weight is 423 g/mol. The van der Waals surface area contributed by atoms with Crippen LogP contribution in [0, 0.1) is 23.4 Å². The Morgan fingerprint density at radius 1 is 1.10 bits per heavy atom. The third kappa shape index (κ3) is 4.49. The number of carbonyl (C=O) groups is 2. The summed E-state index contributed by atoms with van der Waals surface area (Å²) < 4.78 is 77.9. The lowest BCUT2D eigenvalue weighted by atomic mass is 10.0. The first-order valence-electron chi connectivity index (χ1n) is 9.02. The van der Waals surface area contributed by atoms with E-state index >= 15 is 0 Å². The molecule has 2 saturated heterocycles. The maximum absolute atomic E-state index is 13.7. The first kappa shape index (κ1) is 21.4. The van der Waals surface area contributed by atoms with Crippen molar-refractivity contribution >= 4 is 11.8 Å². The van der Waals surface area contributed by atoms with Crippen molar-refractivity contribution in [3.63, 3.8) is 0 Å². The number of alkyl halides is 3. The van der Waals surface area contributed by atoms with Crippen molar-refractivity contribution in [3.05, 3.63) is 35.1 Å². The Labute approximate surface area is 162 Å². The molecule has 0 spiro atoms. The number of hydrogen-bond donors (Lipinski definition) is 1. The molecule has 2 fully saturated rings. The maximum atomic E-state index is 13.7. The molecular formula is C18H19F6N3O2. The summed E-state index contributed by atoms with van der Waals surface area (Å²) in [6.07, 6.45) is -4.96. The van der Waals surface area contributed by atoms with Crippen LogP contribution >= 0.6 is 0 Å². The van der Waals surface area contributed by atoms with Crippen molar-refractivity contribution in [2.45, 2.75) is 37.5 Å². The highest BCUT2D eigenvalue weighted by Crippen LogP contribution is 2.34. The molecule has 0 aliphatic carbocycles. The molecule has 0 radical (unpaired) electrons. The normalized spacial score (nSPS) is 22.7. The molecule has 29 heavy (non-hydrogen) atoms. The van der Waals surface area contributed by atoms with E-state index in [0.29, 0.717) is 30.0 Å². The summed E-state index contributed by atoms with van der Waals surface area (Å²) in [4.78, 5) is 26.1. The third-order valence-electron chi connectivity index (χ3n) is 5.41. The fourth-order valence-electron chi connectivity index (χ4n) is 4.03. The highest BCUT2D eigenvalue weighted by atomic mass is 19.4. The summed E-state index contributed by atoms with van der Waals surface area (Å²) in [6.45, 7) is 0.0508. The molecule has 160 valence electrons. The molecule has 2 heterocycles. The van der Waals surface area contributed by atoms with Crippen molar-refractivity contribution in [2.24, 2.45) is 11.7 Å². The standard InChI is InChI=1S/C18H19F6N3O2/c19-12-6-14(21)13(20)4-10(12)3-11(25)5-16(28)27-2-1-9-7-26(8-15(9)27)17(29)18(22,23)24/h4,6,9,11,15H,1-3,5,7-8,25H2. The first-order chi connectivity index (χ1) is 13.5. The lowest BCUT2D eigenvalue weighted by molar-refractivity contribution is -0.184. The van der Waals surface area contributed by atoms with E-state index in [-0.39, 0.29) is 37.4 Å². The average Bonchev–Trinajstić information content (AvgIpc) is 3.18. The monoisotopic (exact) mass is 423 g/mol. The Morgan fingerprint density at radius 2 is 1.76 bits per heavy atom. The van der Waals surface area contributed by atoms with Gasteiger partial charge in [0.15, 0.2) is 11.6 Å². The molecule has 5 nitrogen and oxygen atoms in total. The van der Waals surface area contributed by atoms with E-state index in [2.05, 4.69) is 0 Å². The van der Waals surface area contributed by atoms with Gasteiger partial charge in [0.25, 0.3) is 0 Å². The zero-order chi connectivity index (χ0) is 21.5. The van der Waals surface area contributed by atoms with Gasteiger partial charge in [0.2, 0.25) is 5.91 Å². The molecular weight excluding hydrogens is 404 g/mol. The Hall–Kier alpha value is -2.30. The summed E-state index contributed by atoms with van der Waals surface area (Å²) in [7, 11) is 0. The zero-order valence-electron chi connectivity index (χ0n) is 15.2. The molecule has 3 unspecified atom stereocenters. The molecule has 0 saturated carbocycles. The van der Waals surface area contributed by atoms with Crippen molar-refractivity contribution in [1.29, 1.82) is 0 Å². The Bertz CT molecular complexity index is 816. The summed E-state index contributed by atoms with van der Waals surface area (Å²) in [5.74, 6) is -6.16. The van der Waals surface area contributed by atoms with Gasteiger partial charge in [-0.25, -0.2) is 13.2 Å². The second kappa shape index (κ2) is 7.85. The van der Waals surface area contributed by atoms with Gasteiger partial charge in [-0.1, -0.05) is 0 Å². The van der Waals surface area contributed by atoms with Crippen LogP contribution in [0.2, 0.25) is 0 Å². The number of hydrogen-bond acceptors (Lipinski definition) is 3. The van der Waals surface area contributed by atoms with Gasteiger partial charge in [0, 0.05) is 44.1 Å². The third-order valence-corrected chi connectivity index (χ3v) is 5.41. The van der Waals surface area contributed by atoms with Crippen molar-refractivity contribution in [3.8, 4) is 0 Å². The molecule has 2 aliphatic heterocycles. The van der Waals surface area contributed by atoms with Gasteiger partial charge in [-0.3, -0.25) is 9.59 Å². The van der Waals surface area contributed by atoms with E-state index in [1.54, 1.807) is 0 Å². The van der Waals surface area contributed by atoms with Crippen LogP contribution in [0.4, 0.5) is 26.3 Å². The fraction of sp³-hybridized carbons (Fsp3) is 0.556. The zero-order valence-corrected chi connectivity index (χ0v) is 15.2. The summed E-state index contributed by atoms with van der Waals surface area (Å²) in [5.41, 5.74) is 5.68. The van der Waals surface area contributed by atoms with Gasteiger partial charge < -0.3 is 15.5 Å². The van der Waals surface area contributed by atoms with Gasteiger partial charge in [0.05, 0.1) is 6.04 Å². The number of benzene rings is 1. The molecule has 2 aliphatic rings. The predicted molar refractivity (Wildman–Crippen MR) is 88.9 cm³/mol. The van der Waals surface area contributed by atoms with E-state index < -0.39 is 47.5 Å². The van der Waals surface area contributed by atoms with Crippen LogP contribution in [0.5, 0.6) is 0 Å². The number of nitrogens with zero attached hydrogens (tertiary/aromatic N) is 2. The van der Waals surface area contributed by atoms with Gasteiger partial charge >= 0.3 is 12.1 Å². The number of likely N-dealkylation sites (tertiary alicyclic amines) is 2. The summed E-state index contributed by atoms with van der Waals surface area (Å²) in [6, 6.07) is -0.343. The van der Waals surface area contributed by atoms with E-state index in [1.807, 2.05) is 0 Å². The number of rotatable bonds is 4. The van der Waals surface area contributed by atoms with Crippen molar-refractivity contribution in [2.75, 3.05) is 19.6 Å². The molecule has 0 bridgehead atoms. The molecule has 0 aromatic heterocycles. The number of halogens is 6. The van der Waals surface area contributed by atoms with Gasteiger partial charge in [-0.2, -0.15) is 13.2 Å². The van der Waals surface area contributed by atoms with Crippen LogP contribution < -0.4 is 5.73 Å². The Kier molecular flexibility index (Phi) is 5.79. The highest BCUT2D eigenvalue weighted by molar-refractivity contribution is 5.83. The van der Waals surface area contributed by atoms with Crippen molar-refractivity contribution in [1.82, 2.24) is 9.80 Å². The van der Waals surface area contributed by atoms with Crippen LogP contribution in [0.15, 0.2) is 12.1 Å². The second-order valence-corrected chi connectivity index (χ2v) is 7.44. The van der Waals surface area contributed by atoms with E-state index in [4.69, 9.17) is 5.73 Å². The van der Waals surface area contributed by atoms with Crippen LogP contribution in [0.3, 0.4) is 0 Å². The van der Waals surface area contributed by atoms with E-state index in [9.17, 15) is 35.9 Å². The summed E-state index contributed by atoms with van der Waals surface area (Å²) in [5, 5.41) is 0. The molecule has 3 atom stereocenters. The topological polar surface area (TPSA) is 66.6 Å². The van der Waals surface area contributed by atoms with E-state index in [1.165, 1.54) is 4.90 Å². The highest BCUT2D eigenvalue weighted by Gasteiger charge is 2.50. The summed E-state index contributed by atoms with van der Waals surface area (Å²) >= 11 is 0. The number of fused-ring (bicyclic) bond motifs is 1. The SMILES string of the molecule is NC(CC(=O)N1CCC2CN(C(=O)C(F)(F)F)CC21)Cc1cc(F)c(F)cc1F. The van der Waals surface area contributed by atoms with E-state index in [0.717, 1.165) is 0 Å². The van der Waals surface area contributed by atoms with Crippen LogP contribution in [0.1, 0.15) is 18.4 Å². The second-order valence-electron chi connectivity index (χ2n) is 7.44. The molecule has 1 aromatic rings. The van der Waals surface area contributed by atoms with Crippen LogP contribution in [-0.4, -0.2) is 59.5 Å². The smallest absolute Gasteiger partial charge is 0.338 e. The number of carbonyl (C=O) groups excluding carboxylic acids is 2. The minimum atomic E-state index is -4.97. The lowest BCUT2D eigenvalue weighted by Crippen LogP contribution is -2.45. The molecule has 1 aromatic carbocycles. The first-order valence-corrected chi connectivity index (χ1v) is 9.02. The quantitative estimate of drug-likeness (QED) is 0.595. The number of nitrogens with two attached hydrogens (primary N) is 1. The van der Waals surface area contributed by atoms with Gasteiger partial charge in [0.1, 0.15) is 5.82 Å². The molecule has 3 rings (SSSR count). The number of amides is 2. The van der Waals surface area contributed by atoms with Crippen LogP contribution in [0.25, 0.3) is 0 Å². The Balaban J connectivity index is 1.60.